The monoisotopic (exact) mass is 369 g/mol. The molecule has 0 bridgehead atoms. The lowest BCUT2D eigenvalue weighted by molar-refractivity contribution is 0.0628. The molecule has 1 aromatic carbocycles. The lowest BCUT2D eigenvalue weighted by atomic mass is 10.2. The Balaban J connectivity index is 1.41. The van der Waals surface area contributed by atoms with Crippen LogP contribution < -0.4 is 0 Å². The number of aryl methyl sites for hydroxylation is 3. The van der Waals surface area contributed by atoms with E-state index in [1.165, 1.54) is 11.3 Å². The van der Waals surface area contributed by atoms with Crippen molar-refractivity contribution in [2.24, 2.45) is 7.05 Å². The number of piperazine rings is 1. The Labute approximate surface area is 157 Å². The van der Waals surface area contributed by atoms with Crippen molar-refractivity contribution >= 4 is 28.3 Å². The summed E-state index contributed by atoms with van der Waals surface area (Å²) in [6.07, 6.45) is 0. The zero-order valence-corrected chi connectivity index (χ0v) is 16.2. The number of benzene rings is 1. The van der Waals surface area contributed by atoms with Gasteiger partial charge in [-0.15, -0.1) is 11.3 Å². The molecule has 6 nitrogen and oxygen atoms in total. The second-order valence-electron chi connectivity index (χ2n) is 6.79. The molecule has 1 saturated heterocycles. The number of imidazole rings is 1. The molecule has 1 aliphatic rings. The van der Waals surface area contributed by atoms with Gasteiger partial charge in [0, 0.05) is 33.2 Å². The highest BCUT2D eigenvalue weighted by Crippen LogP contribution is 2.21. The molecule has 2 aromatic heterocycles. The van der Waals surface area contributed by atoms with Crippen molar-refractivity contribution in [2.45, 2.75) is 20.4 Å². The van der Waals surface area contributed by atoms with Crippen LogP contribution in [0.3, 0.4) is 0 Å². The van der Waals surface area contributed by atoms with Crippen LogP contribution in [-0.2, 0) is 13.6 Å². The number of fused-ring (bicyclic) bond motifs is 1. The largest absolute Gasteiger partial charge is 0.335 e. The van der Waals surface area contributed by atoms with E-state index in [0.717, 1.165) is 65.2 Å². The highest BCUT2D eigenvalue weighted by molar-refractivity contribution is 7.13. The molecule has 0 aliphatic carbocycles. The maximum atomic E-state index is 12.7. The van der Waals surface area contributed by atoms with Crippen LogP contribution in [0, 0.1) is 13.8 Å². The van der Waals surface area contributed by atoms with Gasteiger partial charge >= 0.3 is 0 Å². The van der Waals surface area contributed by atoms with Gasteiger partial charge in [0.25, 0.3) is 5.91 Å². The number of aromatic nitrogens is 3. The van der Waals surface area contributed by atoms with E-state index in [4.69, 9.17) is 4.98 Å². The molecule has 1 fully saturated rings. The van der Waals surface area contributed by atoms with Gasteiger partial charge in [0.05, 0.1) is 28.3 Å². The third-order valence-electron chi connectivity index (χ3n) is 5.00. The molecule has 7 heteroatoms. The second-order valence-corrected chi connectivity index (χ2v) is 7.99. The van der Waals surface area contributed by atoms with E-state index in [2.05, 4.69) is 33.6 Å². The predicted molar refractivity (Wildman–Crippen MR) is 103 cm³/mol. The third-order valence-corrected chi connectivity index (χ3v) is 6.06. The molecule has 0 spiro atoms. The van der Waals surface area contributed by atoms with Crippen LogP contribution in [0.5, 0.6) is 0 Å². The Morgan fingerprint density at radius 1 is 1.12 bits per heavy atom. The zero-order chi connectivity index (χ0) is 18.3. The standard InChI is InChI=1S/C19H23N5OS/c1-13-18(26-14(2)20-13)19(25)24-10-8-23(9-11-24)12-17-21-15-6-4-5-7-16(15)22(17)3/h4-7H,8-12H2,1-3H3. The average molecular weight is 369 g/mol. The Bertz CT molecular complexity index is 952. The van der Waals surface area contributed by atoms with Gasteiger partial charge in [-0.2, -0.15) is 0 Å². The van der Waals surface area contributed by atoms with E-state index in [1.807, 2.05) is 30.9 Å². The van der Waals surface area contributed by atoms with Crippen LogP contribution in [0.1, 0.15) is 26.2 Å². The van der Waals surface area contributed by atoms with Gasteiger partial charge < -0.3 is 9.47 Å². The lowest BCUT2D eigenvalue weighted by Gasteiger charge is -2.34. The molecule has 4 rings (SSSR count). The fraction of sp³-hybridized carbons (Fsp3) is 0.421. The summed E-state index contributed by atoms with van der Waals surface area (Å²) in [5.74, 6) is 1.19. The molecule has 0 radical (unpaired) electrons. The van der Waals surface area contributed by atoms with E-state index in [-0.39, 0.29) is 5.91 Å². The number of carbonyl (C=O) groups excluding carboxylic acids is 1. The number of hydrogen-bond donors (Lipinski definition) is 0. The molecule has 1 amide bonds. The smallest absolute Gasteiger partial charge is 0.265 e. The van der Waals surface area contributed by atoms with Crippen molar-refractivity contribution in [2.75, 3.05) is 26.2 Å². The first-order valence-corrected chi connectivity index (χ1v) is 9.70. The van der Waals surface area contributed by atoms with Crippen molar-refractivity contribution in [3.63, 3.8) is 0 Å². The number of rotatable bonds is 3. The fourth-order valence-electron chi connectivity index (χ4n) is 3.52. The lowest BCUT2D eigenvalue weighted by Crippen LogP contribution is -2.48. The normalized spacial score (nSPS) is 15.7. The van der Waals surface area contributed by atoms with E-state index in [0.29, 0.717) is 0 Å². The number of amides is 1. The summed E-state index contributed by atoms with van der Waals surface area (Å²) in [4.78, 5) is 27.0. The van der Waals surface area contributed by atoms with Crippen molar-refractivity contribution in [3.05, 3.63) is 45.7 Å². The van der Waals surface area contributed by atoms with Gasteiger partial charge in [-0.25, -0.2) is 9.97 Å². The Kier molecular flexibility index (Phi) is 4.50. The minimum atomic E-state index is 0.121. The first kappa shape index (κ1) is 17.2. The van der Waals surface area contributed by atoms with E-state index < -0.39 is 0 Å². The van der Waals surface area contributed by atoms with Crippen LogP contribution in [0.25, 0.3) is 11.0 Å². The first-order valence-electron chi connectivity index (χ1n) is 8.89. The number of thiazole rings is 1. The summed E-state index contributed by atoms with van der Waals surface area (Å²) in [5.41, 5.74) is 3.04. The summed E-state index contributed by atoms with van der Waals surface area (Å²) in [6.45, 7) is 7.91. The van der Waals surface area contributed by atoms with Gasteiger partial charge in [-0.05, 0) is 26.0 Å². The molecule has 1 aliphatic heterocycles. The van der Waals surface area contributed by atoms with Crippen LogP contribution in [-0.4, -0.2) is 56.4 Å². The van der Waals surface area contributed by atoms with Gasteiger partial charge in [-0.3, -0.25) is 9.69 Å². The summed E-state index contributed by atoms with van der Waals surface area (Å²) in [6, 6.07) is 8.21. The van der Waals surface area contributed by atoms with Crippen LogP contribution >= 0.6 is 11.3 Å². The minimum absolute atomic E-state index is 0.121. The first-order chi connectivity index (χ1) is 12.5. The molecule has 0 saturated carbocycles. The van der Waals surface area contributed by atoms with Crippen molar-refractivity contribution in [1.82, 2.24) is 24.3 Å². The Morgan fingerprint density at radius 3 is 2.50 bits per heavy atom. The molecular weight excluding hydrogens is 346 g/mol. The highest BCUT2D eigenvalue weighted by atomic mass is 32.1. The summed E-state index contributed by atoms with van der Waals surface area (Å²) in [5, 5.41) is 0.950. The minimum Gasteiger partial charge on any atom is -0.335 e. The summed E-state index contributed by atoms with van der Waals surface area (Å²) < 4.78 is 2.16. The Hall–Kier alpha value is -2.25. The van der Waals surface area contributed by atoms with Crippen LogP contribution in [0.2, 0.25) is 0 Å². The quantitative estimate of drug-likeness (QED) is 0.712. The number of hydrogen-bond acceptors (Lipinski definition) is 5. The Morgan fingerprint density at radius 2 is 1.85 bits per heavy atom. The topological polar surface area (TPSA) is 54.3 Å². The van der Waals surface area contributed by atoms with Gasteiger partial charge in [0.15, 0.2) is 0 Å². The molecule has 0 atom stereocenters. The third kappa shape index (κ3) is 3.12. The molecule has 26 heavy (non-hydrogen) atoms. The molecule has 3 heterocycles. The van der Waals surface area contributed by atoms with Crippen LogP contribution in [0.4, 0.5) is 0 Å². The predicted octanol–water partition coefficient (Wildman–Crippen LogP) is 2.60. The summed E-state index contributed by atoms with van der Waals surface area (Å²) in [7, 11) is 2.07. The molecule has 3 aromatic rings. The van der Waals surface area contributed by atoms with Gasteiger partial charge in [0.1, 0.15) is 10.7 Å². The van der Waals surface area contributed by atoms with Crippen molar-refractivity contribution in [3.8, 4) is 0 Å². The molecule has 0 N–H and O–H groups in total. The zero-order valence-electron chi connectivity index (χ0n) is 15.4. The molecule has 0 unspecified atom stereocenters. The number of para-hydroxylation sites is 2. The van der Waals surface area contributed by atoms with E-state index >= 15 is 0 Å². The van der Waals surface area contributed by atoms with E-state index in [9.17, 15) is 4.79 Å². The molecule has 136 valence electrons. The maximum absolute atomic E-state index is 12.7. The number of carbonyl (C=O) groups is 1. The van der Waals surface area contributed by atoms with Crippen molar-refractivity contribution in [1.29, 1.82) is 0 Å². The van der Waals surface area contributed by atoms with Gasteiger partial charge in [-0.1, -0.05) is 12.1 Å². The van der Waals surface area contributed by atoms with Crippen molar-refractivity contribution < 1.29 is 4.79 Å². The number of nitrogens with zero attached hydrogens (tertiary/aromatic N) is 5. The SMILES string of the molecule is Cc1nc(C)c(C(=O)N2CCN(Cc3nc4ccccc4n3C)CC2)s1. The molecular formula is C19H23N5OS. The average Bonchev–Trinajstić information content (AvgIpc) is 3.14. The van der Waals surface area contributed by atoms with Crippen LogP contribution in [0.15, 0.2) is 24.3 Å². The summed E-state index contributed by atoms with van der Waals surface area (Å²) >= 11 is 1.49. The van der Waals surface area contributed by atoms with E-state index in [1.54, 1.807) is 0 Å². The maximum Gasteiger partial charge on any atom is 0.265 e. The highest BCUT2D eigenvalue weighted by Gasteiger charge is 2.25. The van der Waals surface area contributed by atoms with Gasteiger partial charge in [0.2, 0.25) is 0 Å². The second kappa shape index (κ2) is 6.81. The fourth-order valence-corrected chi connectivity index (χ4v) is 4.41.